The van der Waals surface area contributed by atoms with Crippen molar-refractivity contribution in [2.45, 2.75) is 45.6 Å². The molecule has 1 unspecified atom stereocenters. The summed E-state index contributed by atoms with van der Waals surface area (Å²) in [4.78, 5) is 22.0. The number of ether oxygens (including phenoxy) is 1. The Kier molecular flexibility index (Phi) is 6.72. The third-order valence-electron chi connectivity index (χ3n) is 2.57. The molecule has 1 atom stereocenters. The van der Waals surface area contributed by atoms with Crippen molar-refractivity contribution in [1.29, 1.82) is 0 Å². The molecule has 1 N–H and O–H groups in total. The van der Waals surface area contributed by atoms with Crippen LogP contribution in [0.5, 0.6) is 0 Å². The van der Waals surface area contributed by atoms with Crippen molar-refractivity contribution in [2.24, 2.45) is 5.92 Å². The maximum absolute atomic E-state index is 11.6. The molecule has 0 aliphatic carbocycles. The van der Waals surface area contributed by atoms with E-state index in [1.54, 1.807) is 6.92 Å². The van der Waals surface area contributed by atoms with Gasteiger partial charge in [-0.3, -0.25) is 14.9 Å². The molecule has 0 saturated carbocycles. The third-order valence-corrected chi connectivity index (χ3v) is 2.57. The zero-order valence-corrected chi connectivity index (χ0v) is 10.6. The lowest BCUT2D eigenvalue weighted by Gasteiger charge is -2.21. The van der Waals surface area contributed by atoms with Gasteiger partial charge < -0.3 is 9.84 Å². The summed E-state index contributed by atoms with van der Waals surface area (Å²) in [7, 11) is 0. The highest BCUT2D eigenvalue weighted by Crippen LogP contribution is 2.24. The van der Waals surface area contributed by atoms with Crippen molar-refractivity contribution < 1.29 is 19.6 Å². The molecule has 0 aromatic heterocycles. The summed E-state index contributed by atoms with van der Waals surface area (Å²) in [6.07, 6.45) is 0.975. The molecule has 0 aliphatic heterocycles. The van der Waals surface area contributed by atoms with Crippen molar-refractivity contribution in [3.63, 3.8) is 0 Å². The summed E-state index contributed by atoms with van der Waals surface area (Å²) in [6.45, 7) is 4.89. The first-order valence-electron chi connectivity index (χ1n) is 5.77. The minimum Gasteiger partial charge on any atom is -0.466 e. The third kappa shape index (κ3) is 5.63. The minimum absolute atomic E-state index is 0.0329. The van der Waals surface area contributed by atoms with Crippen LogP contribution in [0.15, 0.2) is 0 Å². The maximum atomic E-state index is 11.6. The fraction of sp³-hybridized carbons (Fsp3) is 0.909. The molecule has 6 heteroatoms. The number of aliphatic hydroxyl groups is 1. The van der Waals surface area contributed by atoms with Gasteiger partial charge in [0.2, 0.25) is 5.54 Å². The molecule has 0 aliphatic rings. The molecule has 100 valence electrons. The quantitative estimate of drug-likeness (QED) is 0.397. The number of carbonyl (C=O) groups is 1. The first kappa shape index (κ1) is 15.8. The SMILES string of the molecule is CCOC(=O)C(CCCO)CC(C)(C)[N+](=O)[O-]. The van der Waals surface area contributed by atoms with E-state index in [9.17, 15) is 14.9 Å². The van der Waals surface area contributed by atoms with Gasteiger partial charge in [0.25, 0.3) is 0 Å². The van der Waals surface area contributed by atoms with Crippen LogP contribution in [0.1, 0.15) is 40.0 Å². The smallest absolute Gasteiger partial charge is 0.309 e. The van der Waals surface area contributed by atoms with Crippen LogP contribution >= 0.6 is 0 Å². The lowest BCUT2D eigenvalue weighted by Crippen LogP contribution is -2.36. The van der Waals surface area contributed by atoms with Gasteiger partial charge in [-0.05, 0) is 19.8 Å². The van der Waals surface area contributed by atoms with E-state index < -0.39 is 22.3 Å². The second-order valence-corrected chi connectivity index (χ2v) is 4.59. The summed E-state index contributed by atoms with van der Waals surface area (Å²) >= 11 is 0. The fourth-order valence-corrected chi connectivity index (χ4v) is 1.58. The highest BCUT2D eigenvalue weighted by molar-refractivity contribution is 5.72. The van der Waals surface area contributed by atoms with Gasteiger partial charge in [0.05, 0.1) is 12.5 Å². The maximum Gasteiger partial charge on any atom is 0.309 e. The molecular formula is C11H21NO5. The zero-order valence-electron chi connectivity index (χ0n) is 10.6. The zero-order chi connectivity index (χ0) is 13.5. The Morgan fingerprint density at radius 1 is 1.53 bits per heavy atom. The van der Waals surface area contributed by atoms with Gasteiger partial charge in [0.1, 0.15) is 0 Å². The van der Waals surface area contributed by atoms with E-state index in [1.807, 2.05) is 0 Å². The van der Waals surface area contributed by atoms with Crippen LogP contribution in [0.25, 0.3) is 0 Å². The van der Waals surface area contributed by atoms with Gasteiger partial charge in [-0.15, -0.1) is 0 Å². The van der Waals surface area contributed by atoms with Gasteiger partial charge in [0.15, 0.2) is 0 Å². The van der Waals surface area contributed by atoms with Crippen LogP contribution in [-0.2, 0) is 9.53 Å². The predicted molar refractivity (Wildman–Crippen MR) is 62.1 cm³/mol. The van der Waals surface area contributed by atoms with Gasteiger partial charge in [0, 0.05) is 31.8 Å². The number of hydrogen-bond acceptors (Lipinski definition) is 5. The summed E-state index contributed by atoms with van der Waals surface area (Å²) < 4.78 is 4.88. The molecular weight excluding hydrogens is 226 g/mol. The van der Waals surface area contributed by atoms with Gasteiger partial charge in [-0.25, -0.2) is 0 Å². The minimum atomic E-state index is -1.16. The second-order valence-electron chi connectivity index (χ2n) is 4.59. The molecule has 0 radical (unpaired) electrons. The number of esters is 1. The molecule has 0 heterocycles. The van der Waals surface area contributed by atoms with E-state index in [0.717, 1.165) is 0 Å². The van der Waals surface area contributed by atoms with Crippen molar-refractivity contribution in [3.8, 4) is 0 Å². The molecule has 0 spiro atoms. The highest BCUT2D eigenvalue weighted by atomic mass is 16.6. The molecule has 0 aromatic rings. The second kappa shape index (κ2) is 7.21. The van der Waals surface area contributed by atoms with E-state index >= 15 is 0 Å². The number of carbonyl (C=O) groups excluding carboxylic acids is 1. The Hall–Kier alpha value is -1.17. The Labute approximate surface area is 101 Å². The molecule has 0 fully saturated rings. The van der Waals surface area contributed by atoms with Gasteiger partial charge in [-0.1, -0.05) is 0 Å². The monoisotopic (exact) mass is 247 g/mol. The topological polar surface area (TPSA) is 89.7 Å². The number of hydrogen-bond donors (Lipinski definition) is 1. The van der Waals surface area contributed by atoms with Crippen molar-refractivity contribution >= 4 is 5.97 Å². The van der Waals surface area contributed by atoms with Crippen molar-refractivity contribution in [3.05, 3.63) is 10.1 Å². The lowest BCUT2D eigenvalue weighted by molar-refractivity contribution is -0.562. The molecule has 0 aromatic carbocycles. The van der Waals surface area contributed by atoms with Crippen molar-refractivity contribution in [2.75, 3.05) is 13.2 Å². The van der Waals surface area contributed by atoms with Gasteiger partial charge in [-0.2, -0.15) is 0 Å². The van der Waals surface area contributed by atoms with E-state index in [0.29, 0.717) is 12.8 Å². The molecule has 0 rings (SSSR count). The van der Waals surface area contributed by atoms with Crippen LogP contribution in [-0.4, -0.2) is 34.8 Å². The first-order valence-corrected chi connectivity index (χ1v) is 5.77. The first-order chi connectivity index (χ1) is 7.85. The molecule has 0 bridgehead atoms. The normalized spacial score (nSPS) is 13.2. The number of aliphatic hydroxyl groups excluding tert-OH is 1. The number of rotatable bonds is 8. The Balaban J connectivity index is 4.58. The van der Waals surface area contributed by atoms with E-state index in [-0.39, 0.29) is 19.6 Å². The van der Waals surface area contributed by atoms with Crippen LogP contribution < -0.4 is 0 Å². The Morgan fingerprint density at radius 3 is 2.53 bits per heavy atom. The summed E-state index contributed by atoms with van der Waals surface area (Å²) in [5, 5.41) is 19.6. The van der Waals surface area contributed by atoms with Gasteiger partial charge >= 0.3 is 5.97 Å². The fourth-order valence-electron chi connectivity index (χ4n) is 1.58. The van der Waals surface area contributed by atoms with E-state index in [4.69, 9.17) is 9.84 Å². The summed E-state index contributed by atoms with van der Waals surface area (Å²) in [5.41, 5.74) is -1.16. The van der Waals surface area contributed by atoms with Crippen LogP contribution in [0.4, 0.5) is 0 Å². The average molecular weight is 247 g/mol. The highest BCUT2D eigenvalue weighted by Gasteiger charge is 2.37. The largest absolute Gasteiger partial charge is 0.466 e. The summed E-state index contributed by atoms with van der Waals surface area (Å²) in [5.74, 6) is -0.946. The van der Waals surface area contributed by atoms with E-state index in [2.05, 4.69) is 0 Å². The number of nitro groups is 1. The summed E-state index contributed by atoms with van der Waals surface area (Å²) in [6, 6.07) is 0. The Morgan fingerprint density at radius 2 is 2.12 bits per heavy atom. The molecule has 0 saturated heterocycles. The number of nitrogens with zero attached hydrogens (tertiary/aromatic N) is 1. The van der Waals surface area contributed by atoms with Crippen LogP contribution in [0.2, 0.25) is 0 Å². The van der Waals surface area contributed by atoms with Crippen LogP contribution in [0.3, 0.4) is 0 Å². The molecule has 6 nitrogen and oxygen atoms in total. The standard InChI is InChI=1S/C11H21NO5/c1-4-17-10(14)9(6-5-7-13)8-11(2,3)12(15)16/h9,13H,4-8H2,1-3H3. The molecule has 17 heavy (non-hydrogen) atoms. The van der Waals surface area contributed by atoms with Crippen molar-refractivity contribution in [1.82, 2.24) is 0 Å². The lowest BCUT2D eigenvalue weighted by atomic mass is 9.88. The molecule has 0 amide bonds. The predicted octanol–water partition coefficient (Wildman–Crippen LogP) is 1.38. The average Bonchev–Trinajstić information content (AvgIpc) is 2.24. The Bertz CT molecular complexity index is 265. The van der Waals surface area contributed by atoms with Crippen LogP contribution in [0, 0.1) is 16.0 Å². The van der Waals surface area contributed by atoms with E-state index in [1.165, 1.54) is 13.8 Å².